The number of carbonyl (C=O) groups excluding carboxylic acids is 2. The number of benzene rings is 1. The Hall–Kier alpha value is -2.69. The van der Waals surface area contributed by atoms with Crippen LogP contribution in [0.1, 0.15) is 20.7 Å². The monoisotopic (exact) mass is 270 g/mol. The largest absolute Gasteiger partial charge is 0.497 e. The highest BCUT2D eigenvalue weighted by Gasteiger charge is 2.09. The summed E-state index contributed by atoms with van der Waals surface area (Å²) in [7, 11) is 1.56. The fourth-order valence-corrected chi connectivity index (χ4v) is 1.64. The van der Waals surface area contributed by atoms with Crippen molar-refractivity contribution in [2.24, 2.45) is 0 Å². The van der Waals surface area contributed by atoms with E-state index >= 15 is 0 Å². The minimum atomic E-state index is -0.296. The van der Waals surface area contributed by atoms with Gasteiger partial charge in [-0.05, 0) is 36.4 Å². The summed E-state index contributed by atoms with van der Waals surface area (Å²) in [5.41, 5.74) is 1.00. The summed E-state index contributed by atoms with van der Waals surface area (Å²) < 4.78 is 5.01. The molecule has 0 aliphatic heterocycles. The zero-order valence-electron chi connectivity index (χ0n) is 11.0. The number of nitrogens with one attached hydrogen (secondary N) is 1. The summed E-state index contributed by atoms with van der Waals surface area (Å²) in [5, 5.41) is 2.58. The molecule has 0 fully saturated rings. The average Bonchev–Trinajstić information content (AvgIpc) is 2.53. The maximum atomic E-state index is 11.9. The summed E-state index contributed by atoms with van der Waals surface area (Å²) in [6, 6.07) is 9.90. The molecule has 0 aliphatic rings. The van der Waals surface area contributed by atoms with E-state index in [1.807, 2.05) is 0 Å². The summed E-state index contributed by atoms with van der Waals surface area (Å²) in [5.74, 6) is 0.221. The SMILES string of the molecule is COc1ccc(C(=O)NCC(=O)c2ccncc2)cc1. The maximum absolute atomic E-state index is 11.9. The number of Topliss-reactive ketones (excluding diaryl/α,β-unsaturated/α-hetero) is 1. The number of hydrogen-bond acceptors (Lipinski definition) is 4. The highest BCUT2D eigenvalue weighted by Crippen LogP contribution is 2.11. The van der Waals surface area contributed by atoms with Crippen molar-refractivity contribution in [1.29, 1.82) is 0 Å². The first-order valence-electron chi connectivity index (χ1n) is 6.06. The van der Waals surface area contributed by atoms with Gasteiger partial charge in [-0.15, -0.1) is 0 Å². The molecule has 1 aromatic heterocycles. The molecule has 20 heavy (non-hydrogen) atoms. The number of ether oxygens (including phenoxy) is 1. The molecule has 5 heteroatoms. The topological polar surface area (TPSA) is 68.3 Å². The van der Waals surface area contributed by atoms with Gasteiger partial charge in [0.2, 0.25) is 0 Å². The smallest absolute Gasteiger partial charge is 0.251 e. The number of amides is 1. The van der Waals surface area contributed by atoms with Gasteiger partial charge in [-0.25, -0.2) is 0 Å². The van der Waals surface area contributed by atoms with Gasteiger partial charge in [0.15, 0.2) is 5.78 Å². The van der Waals surface area contributed by atoms with Gasteiger partial charge >= 0.3 is 0 Å². The van der Waals surface area contributed by atoms with Gasteiger partial charge in [0.1, 0.15) is 5.75 Å². The van der Waals surface area contributed by atoms with Crippen LogP contribution in [0.15, 0.2) is 48.8 Å². The third kappa shape index (κ3) is 3.41. The van der Waals surface area contributed by atoms with Crippen molar-refractivity contribution in [3.05, 3.63) is 59.9 Å². The van der Waals surface area contributed by atoms with Crippen LogP contribution >= 0.6 is 0 Å². The summed E-state index contributed by atoms with van der Waals surface area (Å²) in [6.45, 7) is -0.0468. The van der Waals surface area contributed by atoms with E-state index in [0.717, 1.165) is 0 Å². The van der Waals surface area contributed by atoms with Crippen LogP contribution in [0.25, 0.3) is 0 Å². The lowest BCUT2D eigenvalue weighted by atomic mass is 10.1. The van der Waals surface area contributed by atoms with Gasteiger partial charge in [-0.2, -0.15) is 0 Å². The van der Waals surface area contributed by atoms with Crippen molar-refractivity contribution < 1.29 is 14.3 Å². The minimum absolute atomic E-state index is 0.0468. The second-order valence-corrected chi connectivity index (χ2v) is 4.07. The Morgan fingerprint density at radius 2 is 1.70 bits per heavy atom. The van der Waals surface area contributed by atoms with Gasteiger partial charge in [-0.1, -0.05) is 0 Å². The Morgan fingerprint density at radius 1 is 1.05 bits per heavy atom. The number of ketones is 1. The van der Waals surface area contributed by atoms with Crippen LogP contribution in [0.3, 0.4) is 0 Å². The Bertz CT molecular complexity index is 594. The number of nitrogens with zero attached hydrogens (tertiary/aromatic N) is 1. The predicted molar refractivity (Wildman–Crippen MR) is 73.9 cm³/mol. The average molecular weight is 270 g/mol. The number of pyridine rings is 1. The second kappa shape index (κ2) is 6.47. The van der Waals surface area contributed by atoms with Crippen molar-refractivity contribution in [1.82, 2.24) is 10.3 Å². The third-order valence-electron chi connectivity index (χ3n) is 2.76. The fourth-order valence-electron chi connectivity index (χ4n) is 1.64. The Labute approximate surface area is 116 Å². The molecule has 2 rings (SSSR count). The molecule has 0 aliphatic carbocycles. The maximum Gasteiger partial charge on any atom is 0.251 e. The van der Waals surface area contributed by atoms with Gasteiger partial charge in [0.25, 0.3) is 5.91 Å². The lowest BCUT2D eigenvalue weighted by Crippen LogP contribution is -2.29. The van der Waals surface area contributed by atoms with Crippen molar-refractivity contribution in [3.63, 3.8) is 0 Å². The lowest BCUT2D eigenvalue weighted by molar-refractivity contribution is 0.0904. The second-order valence-electron chi connectivity index (χ2n) is 4.07. The van der Waals surface area contributed by atoms with Gasteiger partial charge < -0.3 is 10.1 Å². The Balaban J connectivity index is 1.93. The summed E-state index contributed by atoms with van der Waals surface area (Å²) in [4.78, 5) is 27.5. The van der Waals surface area contributed by atoms with Crippen molar-refractivity contribution in [2.75, 3.05) is 13.7 Å². The first kappa shape index (κ1) is 13.7. The zero-order chi connectivity index (χ0) is 14.4. The van der Waals surface area contributed by atoms with Crippen LogP contribution in [-0.4, -0.2) is 30.3 Å². The van der Waals surface area contributed by atoms with Crippen molar-refractivity contribution in [2.45, 2.75) is 0 Å². The summed E-state index contributed by atoms with van der Waals surface area (Å²) >= 11 is 0. The highest BCUT2D eigenvalue weighted by atomic mass is 16.5. The minimum Gasteiger partial charge on any atom is -0.497 e. The number of carbonyl (C=O) groups is 2. The third-order valence-corrected chi connectivity index (χ3v) is 2.76. The van der Waals surface area contributed by atoms with E-state index in [2.05, 4.69) is 10.3 Å². The normalized spacial score (nSPS) is 9.85. The highest BCUT2D eigenvalue weighted by molar-refractivity contribution is 6.02. The lowest BCUT2D eigenvalue weighted by Gasteiger charge is -2.05. The van der Waals surface area contributed by atoms with Crippen LogP contribution in [-0.2, 0) is 0 Å². The quantitative estimate of drug-likeness (QED) is 0.840. The van der Waals surface area contributed by atoms with Crippen LogP contribution < -0.4 is 10.1 Å². The van der Waals surface area contributed by atoms with E-state index in [4.69, 9.17) is 4.74 Å². The first-order chi connectivity index (χ1) is 9.70. The molecule has 1 N–H and O–H groups in total. The molecule has 0 saturated heterocycles. The molecule has 1 aromatic carbocycles. The molecule has 0 atom stereocenters. The molecule has 0 saturated carbocycles. The van der Waals surface area contributed by atoms with E-state index in [1.165, 1.54) is 0 Å². The number of rotatable bonds is 5. The van der Waals surface area contributed by atoms with E-state index in [0.29, 0.717) is 16.9 Å². The van der Waals surface area contributed by atoms with Crippen LogP contribution in [0.4, 0.5) is 0 Å². The Kier molecular flexibility index (Phi) is 4.44. The number of aromatic nitrogens is 1. The van der Waals surface area contributed by atoms with E-state index in [-0.39, 0.29) is 18.2 Å². The molecule has 0 radical (unpaired) electrons. The molecular formula is C15H14N2O3. The molecule has 0 bridgehead atoms. The Morgan fingerprint density at radius 3 is 2.30 bits per heavy atom. The predicted octanol–water partition coefficient (Wildman–Crippen LogP) is 1.70. The van der Waals surface area contributed by atoms with E-state index < -0.39 is 0 Å². The molecule has 2 aromatic rings. The van der Waals surface area contributed by atoms with Gasteiger partial charge in [0, 0.05) is 23.5 Å². The zero-order valence-corrected chi connectivity index (χ0v) is 11.0. The molecule has 102 valence electrons. The van der Waals surface area contributed by atoms with Gasteiger partial charge in [-0.3, -0.25) is 14.6 Å². The van der Waals surface area contributed by atoms with Crippen LogP contribution in [0.5, 0.6) is 5.75 Å². The standard InChI is InChI=1S/C15H14N2O3/c1-20-13-4-2-12(3-5-13)15(19)17-10-14(18)11-6-8-16-9-7-11/h2-9H,10H2,1H3,(H,17,19). The van der Waals surface area contributed by atoms with Crippen molar-refractivity contribution in [3.8, 4) is 5.75 Å². The van der Waals surface area contributed by atoms with Crippen LogP contribution in [0, 0.1) is 0 Å². The van der Waals surface area contributed by atoms with Crippen LogP contribution in [0.2, 0.25) is 0 Å². The molecule has 0 unspecified atom stereocenters. The first-order valence-corrected chi connectivity index (χ1v) is 6.06. The number of methoxy groups -OCH3 is 1. The molecule has 0 spiro atoms. The van der Waals surface area contributed by atoms with E-state index in [1.54, 1.807) is 55.9 Å². The molecular weight excluding hydrogens is 256 g/mol. The molecule has 5 nitrogen and oxygen atoms in total. The fraction of sp³-hybridized carbons (Fsp3) is 0.133. The molecule has 1 heterocycles. The van der Waals surface area contributed by atoms with E-state index in [9.17, 15) is 9.59 Å². The molecule has 1 amide bonds. The van der Waals surface area contributed by atoms with Crippen molar-refractivity contribution >= 4 is 11.7 Å². The summed E-state index contributed by atoms with van der Waals surface area (Å²) in [6.07, 6.45) is 3.08. The number of hydrogen-bond donors (Lipinski definition) is 1. The van der Waals surface area contributed by atoms with Gasteiger partial charge in [0.05, 0.1) is 13.7 Å².